The SMILES string of the molecule is CC(C)(CC(C)(C)c1ccccc1Br)C(=O)O. The summed E-state index contributed by atoms with van der Waals surface area (Å²) in [5.74, 6) is -0.752. The van der Waals surface area contributed by atoms with Gasteiger partial charge in [0.05, 0.1) is 5.41 Å². The molecule has 94 valence electrons. The Morgan fingerprint density at radius 1 is 1.24 bits per heavy atom. The van der Waals surface area contributed by atoms with Gasteiger partial charge in [0.25, 0.3) is 0 Å². The van der Waals surface area contributed by atoms with Crippen LogP contribution in [0.25, 0.3) is 0 Å². The maximum atomic E-state index is 11.2. The van der Waals surface area contributed by atoms with Crippen molar-refractivity contribution in [1.29, 1.82) is 0 Å². The molecule has 0 atom stereocenters. The molecule has 0 aliphatic rings. The highest BCUT2D eigenvalue weighted by molar-refractivity contribution is 9.10. The van der Waals surface area contributed by atoms with Crippen molar-refractivity contribution in [2.45, 2.75) is 39.5 Å². The monoisotopic (exact) mass is 298 g/mol. The van der Waals surface area contributed by atoms with Gasteiger partial charge in [0.2, 0.25) is 0 Å². The third-order valence-electron chi connectivity index (χ3n) is 3.07. The largest absolute Gasteiger partial charge is 0.481 e. The highest BCUT2D eigenvalue weighted by Gasteiger charge is 2.36. The molecule has 1 N–H and O–H groups in total. The molecule has 3 heteroatoms. The first-order valence-corrected chi connectivity index (χ1v) is 6.44. The molecule has 0 radical (unpaired) electrons. The van der Waals surface area contributed by atoms with E-state index >= 15 is 0 Å². The third-order valence-corrected chi connectivity index (χ3v) is 3.76. The topological polar surface area (TPSA) is 37.3 Å². The average Bonchev–Trinajstić information content (AvgIpc) is 2.16. The second kappa shape index (κ2) is 4.81. The Labute approximate surface area is 111 Å². The van der Waals surface area contributed by atoms with Crippen molar-refractivity contribution in [2.75, 3.05) is 0 Å². The molecule has 0 aromatic heterocycles. The van der Waals surface area contributed by atoms with Crippen LogP contribution in [-0.2, 0) is 10.2 Å². The van der Waals surface area contributed by atoms with Crippen LogP contribution in [0.15, 0.2) is 28.7 Å². The van der Waals surface area contributed by atoms with Crippen molar-refractivity contribution in [2.24, 2.45) is 5.41 Å². The van der Waals surface area contributed by atoms with Crippen molar-refractivity contribution < 1.29 is 9.90 Å². The first-order chi connectivity index (χ1) is 7.67. The molecule has 2 nitrogen and oxygen atoms in total. The third kappa shape index (κ3) is 3.32. The summed E-state index contributed by atoms with van der Waals surface area (Å²) in [5.41, 5.74) is 0.246. The Balaban J connectivity index is 3.05. The van der Waals surface area contributed by atoms with E-state index in [9.17, 15) is 9.90 Å². The van der Waals surface area contributed by atoms with Crippen molar-refractivity contribution in [3.8, 4) is 0 Å². The van der Waals surface area contributed by atoms with E-state index in [1.807, 2.05) is 24.3 Å². The quantitative estimate of drug-likeness (QED) is 0.903. The first-order valence-electron chi connectivity index (χ1n) is 5.65. The van der Waals surface area contributed by atoms with E-state index < -0.39 is 11.4 Å². The van der Waals surface area contributed by atoms with E-state index in [4.69, 9.17) is 0 Å². The zero-order valence-corrected chi connectivity index (χ0v) is 12.3. The lowest BCUT2D eigenvalue weighted by atomic mass is 9.71. The Bertz CT molecular complexity index is 422. The second-order valence-corrected chi connectivity index (χ2v) is 6.58. The lowest BCUT2D eigenvalue weighted by Gasteiger charge is -2.33. The number of carboxylic acids is 1. The maximum Gasteiger partial charge on any atom is 0.309 e. The van der Waals surface area contributed by atoms with Gasteiger partial charge in [0, 0.05) is 4.47 Å². The van der Waals surface area contributed by atoms with Crippen LogP contribution in [0, 0.1) is 5.41 Å². The Kier molecular flexibility index (Phi) is 4.03. The van der Waals surface area contributed by atoms with Crippen molar-refractivity contribution in [3.05, 3.63) is 34.3 Å². The van der Waals surface area contributed by atoms with Gasteiger partial charge in [-0.1, -0.05) is 48.0 Å². The van der Waals surface area contributed by atoms with Gasteiger partial charge in [-0.3, -0.25) is 4.79 Å². The van der Waals surface area contributed by atoms with Crippen LogP contribution < -0.4 is 0 Å². The van der Waals surface area contributed by atoms with Gasteiger partial charge in [-0.2, -0.15) is 0 Å². The molecule has 0 unspecified atom stereocenters. The number of aliphatic carboxylic acids is 1. The van der Waals surface area contributed by atoms with Gasteiger partial charge in [-0.15, -0.1) is 0 Å². The molecule has 1 aromatic rings. The molecule has 0 aliphatic carbocycles. The highest BCUT2D eigenvalue weighted by atomic mass is 79.9. The number of hydrogen-bond acceptors (Lipinski definition) is 1. The fourth-order valence-corrected chi connectivity index (χ4v) is 3.11. The van der Waals surface area contributed by atoms with Gasteiger partial charge in [-0.05, 0) is 37.3 Å². The maximum absolute atomic E-state index is 11.2. The number of carbonyl (C=O) groups is 1. The summed E-state index contributed by atoms with van der Waals surface area (Å²) >= 11 is 3.53. The minimum absolute atomic E-state index is 0.179. The van der Waals surface area contributed by atoms with E-state index in [2.05, 4.69) is 29.8 Å². The Morgan fingerprint density at radius 2 is 1.76 bits per heavy atom. The van der Waals surface area contributed by atoms with Crippen LogP contribution in [0.1, 0.15) is 39.7 Å². The summed E-state index contributed by atoms with van der Waals surface area (Å²) in [6.45, 7) is 7.71. The Hall–Kier alpha value is -0.830. The molecule has 1 rings (SSSR count). The zero-order chi connectivity index (χ0) is 13.3. The Morgan fingerprint density at radius 3 is 2.24 bits per heavy atom. The molecule has 0 amide bonds. The molecule has 1 aromatic carbocycles. The molecule has 17 heavy (non-hydrogen) atoms. The van der Waals surface area contributed by atoms with Crippen molar-refractivity contribution >= 4 is 21.9 Å². The summed E-state index contributed by atoms with van der Waals surface area (Å²) in [4.78, 5) is 11.2. The van der Waals surface area contributed by atoms with E-state index in [1.54, 1.807) is 13.8 Å². The summed E-state index contributed by atoms with van der Waals surface area (Å²) in [6.07, 6.45) is 0.595. The summed E-state index contributed by atoms with van der Waals surface area (Å²) < 4.78 is 1.03. The molecule has 0 saturated heterocycles. The van der Waals surface area contributed by atoms with Gasteiger partial charge in [0.1, 0.15) is 0 Å². The molecular formula is C14H19BrO2. The van der Waals surface area contributed by atoms with Crippen LogP contribution in [-0.4, -0.2) is 11.1 Å². The van der Waals surface area contributed by atoms with Crippen LogP contribution in [0.3, 0.4) is 0 Å². The van der Waals surface area contributed by atoms with Gasteiger partial charge in [0.15, 0.2) is 0 Å². The number of halogens is 1. The van der Waals surface area contributed by atoms with E-state index in [0.29, 0.717) is 6.42 Å². The standard InChI is InChI=1S/C14H19BrO2/c1-13(2,9-14(3,4)12(16)17)10-7-5-6-8-11(10)15/h5-8H,9H2,1-4H3,(H,16,17). The lowest BCUT2D eigenvalue weighted by molar-refractivity contribution is -0.148. The first kappa shape index (κ1) is 14.2. The molecule has 0 fully saturated rings. The minimum Gasteiger partial charge on any atom is -0.481 e. The molecule has 0 spiro atoms. The second-order valence-electron chi connectivity index (χ2n) is 5.73. The van der Waals surface area contributed by atoms with Crippen molar-refractivity contribution in [1.82, 2.24) is 0 Å². The molecule has 0 bridgehead atoms. The minimum atomic E-state index is -0.752. The molecule has 0 aliphatic heterocycles. The van der Waals surface area contributed by atoms with E-state index in [-0.39, 0.29) is 5.41 Å². The number of hydrogen-bond donors (Lipinski definition) is 1. The fourth-order valence-electron chi connectivity index (χ4n) is 2.29. The van der Waals surface area contributed by atoms with Crippen LogP contribution in [0.4, 0.5) is 0 Å². The van der Waals surface area contributed by atoms with Gasteiger partial charge >= 0.3 is 5.97 Å². The summed E-state index contributed by atoms with van der Waals surface area (Å²) in [6, 6.07) is 7.98. The number of benzene rings is 1. The molecule has 0 saturated carbocycles. The normalized spacial score (nSPS) is 12.5. The van der Waals surface area contributed by atoms with Crippen LogP contribution >= 0.6 is 15.9 Å². The number of carboxylic acid groups (broad SMARTS) is 1. The summed E-state index contributed by atoms with van der Waals surface area (Å²) in [5, 5.41) is 9.21. The predicted molar refractivity (Wildman–Crippen MR) is 73.2 cm³/mol. The zero-order valence-electron chi connectivity index (χ0n) is 10.7. The highest BCUT2D eigenvalue weighted by Crippen LogP contribution is 2.39. The van der Waals surface area contributed by atoms with E-state index in [1.165, 1.54) is 0 Å². The van der Waals surface area contributed by atoms with Gasteiger partial charge in [-0.25, -0.2) is 0 Å². The average molecular weight is 299 g/mol. The van der Waals surface area contributed by atoms with Crippen LogP contribution in [0.2, 0.25) is 0 Å². The van der Waals surface area contributed by atoms with Crippen LogP contribution in [0.5, 0.6) is 0 Å². The van der Waals surface area contributed by atoms with E-state index in [0.717, 1.165) is 10.0 Å². The predicted octanol–water partition coefficient (Wildman–Crippen LogP) is 4.23. The lowest BCUT2D eigenvalue weighted by Crippen LogP contribution is -2.32. The smallest absolute Gasteiger partial charge is 0.309 e. The summed E-state index contributed by atoms with van der Waals surface area (Å²) in [7, 11) is 0. The van der Waals surface area contributed by atoms with Crippen molar-refractivity contribution in [3.63, 3.8) is 0 Å². The molecular weight excluding hydrogens is 280 g/mol. The molecule has 0 heterocycles. The number of rotatable bonds is 4. The van der Waals surface area contributed by atoms with Gasteiger partial charge < -0.3 is 5.11 Å². The fraction of sp³-hybridized carbons (Fsp3) is 0.500.